The van der Waals surface area contributed by atoms with Gasteiger partial charge >= 0.3 is 0 Å². The van der Waals surface area contributed by atoms with Crippen LogP contribution in [0.4, 0.5) is 0 Å². The van der Waals surface area contributed by atoms with Gasteiger partial charge in [-0.05, 0) is 49.2 Å². The van der Waals surface area contributed by atoms with Crippen molar-refractivity contribution in [2.45, 2.75) is 32.4 Å². The molecule has 1 aliphatic rings. The van der Waals surface area contributed by atoms with Gasteiger partial charge < -0.3 is 15.6 Å². The van der Waals surface area contributed by atoms with Gasteiger partial charge in [0.2, 0.25) is 0 Å². The highest BCUT2D eigenvalue weighted by Crippen LogP contribution is 2.13. The Kier molecular flexibility index (Phi) is 6.42. The van der Waals surface area contributed by atoms with Crippen LogP contribution in [0.25, 0.3) is 11.0 Å². The van der Waals surface area contributed by atoms with Gasteiger partial charge in [-0.25, -0.2) is 4.98 Å². The summed E-state index contributed by atoms with van der Waals surface area (Å²) in [5.74, 6) is 1.80. The van der Waals surface area contributed by atoms with Crippen LogP contribution in [0.3, 0.4) is 0 Å². The van der Waals surface area contributed by atoms with Crippen molar-refractivity contribution in [1.82, 2.24) is 25.5 Å². The second-order valence-corrected chi connectivity index (χ2v) is 7.60. The summed E-state index contributed by atoms with van der Waals surface area (Å²) in [4.78, 5) is 14.8. The fourth-order valence-corrected chi connectivity index (χ4v) is 3.79. The molecule has 1 saturated heterocycles. The number of aromatic nitrogens is 2. The molecule has 2 aromatic carbocycles. The molecule has 0 atom stereocenters. The summed E-state index contributed by atoms with van der Waals surface area (Å²) in [6.45, 7) is 5.07. The second-order valence-electron chi connectivity index (χ2n) is 7.60. The zero-order valence-electron chi connectivity index (χ0n) is 17.1. The highest BCUT2D eigenvalue weighted by atomic mass is 15.2. The molecule has 6 heteroatoms. The van der Waals surface area contributed by atoms with E-state index in [0.717, 1.165) is 48.9 Å². The van der Waals surface area contributed by atoms with E-state index in [1.54, 1.807) is 7.05 Å². The first kappa shape index (κ1) is 19.5. The van der Waals surface area contributed by atoms with Crippen molar-refractivity contribution in [2.24, 2.45) is 4.99 Å². The van der Waals surface area contributed by atoms with Crippen LogP contribution >= 0.6 is 0 Å². The van der Waals surface area contributed by atoms with E-state index in [9.17, 15) is 0 Å². The summed E-state index contributed by atoms with van der Waals surface area (Å²) in [5.41, 5.74) is 4.75. The molecule has 3 N–H and O–H groups in total. The van der Waals surface area contributed by atoms with E-state index in [0.29, 0.717) is 0 Å². The lowest BCUT2D eigenvalue weighted by Gasteiger charge is -2.15. The molecule has 0 aliphatic carbocycles. The van der Waals surface area contributed by atoms with Gasteiger partial charge in [0.15, 0.2) is 5.96 Å². The monoisotopic (exact) mass is 390 g/mol. The van der Waals surface area contributed by atoms with Gasteiger partial charge in [0.05, 0.1) is 11.0 Å². The van der Waals surface area contributed by atoms with Gasteiger partial charge in [-0.3, -0.25) is 9.89 Å². The Labute approximate surface area is 172 Å². The van der Waals surface area contributed by atoms with Crippen LogP contribution in [0.1, 0.15) is 29.8 Å². The normalized spacial score (nSPS) is 15.1. The fraction of sp³-hybridized carbons (Fsp3) is 0.391. The third kappa shape index (κ3) is 5.35. The molecule has 3 aromatic rings. The smallest absolute Gasteiger partial charge is 0.191 e. The van der Waals surface area contributed by atoms with E-state index in [-0.39, 0.29) is 0 Å². The third-order valence-electron chi connectivity index (χ3n) is 5.40. The molecule has 152 valence electrons. The number of aliphatic imine (C=N–C) groups is 1. The molecule has 4 rings (SSSR count). The number of nitrogens with zero attached hydrogens (tertiary/aromatic N) is 3. The van der Waals surface area contributed by atoms with E-state index in [1.165, 1.54) is 37.1 Å². The van der Waals surface area contributed by atoms with Crippen LogP contribution in [-0.2, 0) is 19.5 Å². The first-order valence-corrected chi connectivity index (χ1v) is 10.5. The predicted octanol–water partition coefficient (Wildman–Crippen LogP) is 3.07. The largest absolute Gasteiger partial charge is 0.356 e. The molecule has 0 bridgehead atoms. The minimum Gasteiger partial charge on any atom is -0.356 e. The maximum absolute atomic E-state index is 4.61. The zero-order chi connectivity index (χ0) is 19.9. The number of benzene rings is 2. The van der Waals surface area contributed by atoms with Crippen molar-refractivity contribution in [3.63, 3.8) is 0 Å². The minimum atomic E-state index is 0.758. The molecule has 0 radical (unpaired) electrons. The Balaban J connectivity index is 1.21. The average Bonchev–Trinajstić information content (AvgIpc) is 3.41. The van der Waals surface area contributed by atoms with Crippen molar-refractivity contribution in [3.05, 3.63) is 65.5 Å². The summed E-state index contributed by atoms with van der Waals surface area (Å²) >= 11 is 0. The lowest BCUT2D eigenvalue weighted by Crippen LogP contribution is -2.37. The number of H-pyrrole nitrogens is 1. The highest BCUT2D eigenvalue weighted by molar-refractivity contribution is 5.79. The number of fused-ring (bicyclic) bond motifs is 1. The van der Waals surface area contributed by atoms with Crippen molar-refractivity contribution in [2.75, 3.05) is 26.7 Å². The quantitative estimate of drug-likeness (QED) is 0.428. The summed E-state index contributed by atoms with van der Waals surface area (Å²) < 4.78 is 0. The third-order valence-corrected chi connectivity index (χ3v) is 5.40. The van der Waals surface area contributed by atoms with Crippen molar-refractivity contribution in [3.8, 4) is 0 Å². The molecule has 29 heavy (non-hydrogen) atoms. The molecule has 0 saturated carbocycles. The molecule has 1 fully saturated rings. The molecular formula is C23H30N6. The van der Waals surface area contributed by atoms with E-state index < -0.39 is 0 Å². The van der Waals surface area contributed by atoms with Gasteiger partial charge in [0.25, 0.3) is 0 Å². The maximum Gasteiger partial charge on any atom is 0.191 e. The van der Waals surface area contributed by atoms with Crippen LogP contribution in [0.5, 0.6) is 0 Å². The van der Waals surface area contributed by atoms with Crippen LogP contribution in [-0.4, -0.2) is 47.5 Å². The molecule has 1 aromatic heterocycles. The predicted molar refractivity (Wildman–Crippen MR) is 119 cm³/mol. The lowest BCUT2D eigenvalue weighted by molar-refractivity contribution is 0.331. The topological polar surface area (TPSA) is 68.3 Å². The fourth-order valence-electron chi connectivity index (χ4n) is 3.79. The number of rotatable bonds is 7. The van der Waals surface area contributed by atoms with Gasteiger partial charge in [-0.1, -0.05) is 36.4 Å². The van der Waals surface area contributed by atoms with Gasteiger partial charge in [0.1, 0.15) is 5.82 Å². The summed E-state index contributed by atoms with van der Waals surface area (Å²) in [6.07, 6.45) is 3.50. The number of imidazole rings is 1. The van der Waals surface area contributed by atoms with E-state index in [4.69, 9.17) is 0 Å². The number of hydrogen-bond donors (Lipinski definition) is 3. The standard InChI is InChI=1S/C23H30N6/c1-24-23(25-13-12-22-27-20-6-2-3-7-21(20)28-22)26-16-18-8-10-19(11-9-18)17-29-14-4-5-15-29/h2-3,6-11H,4-5,12-17H2,1H3,(H,27,28)(H2,24,25,26). The zero-order valence-corrected chi connectivity index (χ0v) is 17.1. The van der Waals surface area contributed by atoms with Crippen molar-refractivity contribution < 1.29 is 0 Å². The summed E-state index contributed by atoms with van der Waals surface area (Å²) in [5, 5.41) is 6.75. The van der Waals surface area contributed by atoms with Gasteiger partial charge in [-0.15, -0.1) is 0 Å². The van der Waals surface area contributed by atoms with Gasteiger partial charge in [0, 0.05) is 33.1 Å². The molecule has 0 amide bonds. The maximum atomic E-state index is 4.61. The van der Waals surface area contributed by atoms with Crippen LogP contribution in [0.15, 0.2) is 53.5 Å². The van der Waals surface area contributed by atoms with E-state index in [2.05, 4.69) is 60.8 Å². The molecule has 0 unspecified atom stereocenters. The molecule has 0 spiro atoms. The molecular weight excluding hydrogens is 360 g/mol. The van der Waals surface area contributed by atoms with E-state index >= 15 is 0 Å². The van der Waals surface area contributed by atoms with Gasteiger partial charge in [-0.2, -0.15) is 0 Å². The number of hydrogen-bond acceptors (Lipinski definition) is 3. The molecule has 2 heterocycles. The highest BCUT2D eigenvalue weighted by Gasteiger charge is 2.11. The van der Waals surface area contributed by atoms with Crippen molar-refractivity contribution >= 4 is 17.0 Å². The lowest BCUT2D eigenvalue weighted by atomic mass is 10.1. The van der Waals surface area contributed by atoms with Crippen LogP contribution in [0.2, 0.25) is 0 Å². The number of aromatic amines is 1. The molecule has 1 aliphatic heterocycles. The first-order chi connectivity index (χ1) is 14.3. The Hall–Kier alpha value is -2.86. The summed E-state index contributed by atoms with van der Waals surface area (Å²) in [6, 6.07) is 17.0. The Morgan fingerprint density at radius 2 is 1.79 bits per heavy atom. The number of para-hydroxylation sites is 2. The first-order valence-electron chi connectivity index (χ1n) is 10.5. The van der Waals surface area contributed by atoms with Crippen LogP contribution in [0, 0.1) is 0 Å². The Bertz CT molecular complexity index is 904. The summed E-state index contributed by atoms with van der Waals surface area (Å²) in [7, 11) is 1.80. The second kappa shape index (κ2) is 9.56. The average molecular weight is 391 g/mol. The Morgan fingerprint density at radius 3 is 2.55 bits per heavy atom. The van der Waals surface area contributed by atoms with Crippen LogP contribution < -0.4 is 10.6 Å². The SMILES string of the molecule is CN=C(NCCc1nc2ccccc2[nH]1)NCc1ccc(CN2CCCC2)cc1. The number of nitrogens with one attached hydrogen (secondary N) is 3. The minimum absolute atomic E-state index is 0.758. The Morgan fingerprint density at radius 1 is 1.03 bits per heavy atom. The number of likely N-dealkylation sites (tertiary alicyclic amines) is 1. The van der Waals surface area contributed by atoms with Crippen molar-refractivity contribution in [1.29, 1.82) is 0 Å². The number of guanidine groups is 1. The van der Waals surface area contributed by atoms with E-state index in [1.807, 2.05) is 18.2 Å². The molecule has 6 nitrogen and oxygen atoms in total.